The number of nitrogens with one attached hydrogen (secondary N) is 1. The molecule has 0 bridgehead atoms. The summed E-state index contributed by atoms with van der Waals surface area (Å²) in [5.74, 6) is 0.200. The number of carbonyl (C=O) groups excluding carboxylic acids is 1. The zero-order valence-electron chi connectivity index (χ0n) is 15.2. The highest BCUT2D eigenvalue weighted by molar-refractivity contribution is 5.92. The lowest BCUT2D eigenvalue weighted by molar-refractivity contribution is -0.123. The third kappa shape index (κ3) is 3.63. The molecule has 0 saturated heterocycles. The van der Waals surface area contributed by atoms with Crippen LogP contribution >= 0.6 is 0 Å². The SMILES string of the molecule is CC1=NOC2(CCC(C(=O)Nc3ccc(C(C)(C)C)cc3)CC2)C1. The van der Waals surface area contributed by atoms with E-state index in [1.165, 1.54) is 5.56 Å². The Labute approximate surface area is 144 Å². The van der Waals surface area contributed by atoms with Crippen LogP contribution in [0.2, 0.25) is 0 Å². The summed E-state index contributed by atoms with van der Waals surface area (Å²) in [5.41, 5.74) is 3.21. The number of hydrogen-bond acceptors (Lipinski definition) is 3. The maximum atomic E-state index is 12.5. The number of carbonyl (C=O) groups is 1. The van der Waals surface area contributed by atoms with E-state index in [1.54, 1.807) is 0 Å². The molecule has 1 saturated carbocycles. The molecule has 1 N–H and O–H groups in total. The van der Waals surface area contributed by atoms with Gasteiger partial charge in [0, 0.05) is 18.0 Å². The molecule has 3 rings (SSSR count). The summed E-state index contributed by atoms with van der Waals surface area (Å²) in [6.45, 7) is 8.58. The monoisotopic (exact) mass is 328 g/mol. The van der Waals surface area contributed by atoms with Crippen molar-refractivity contribution in [3.05, 3.63) is 29.8 Å². The molecule has 1 amide bonds. The second-order valence-corrected chi connectivity index (χ2v) is 8.37. The molecule has 2 aliphatic rings. The number of benzene rings is 1. The fraction of sp³-hybridized carbons (Fsp3) is 0.600. The summed E-state index contributed by atoms with van der Waals surface area (Å²) >= 11 is 0. The van der Waals surface area contributed by atoms with Gasteiger partial charge in [-0.05, 0) is 55.7 Å². The molecular weight excluding hydrogens is 300 g/mol. The third-order valence-corrected chi connectivity index (χ3v) is 5.26. The van der Waals surface area contributed by atoms with Crippen LogP contribution in [0, 0.1) is 5.92 Å². The van der Waals surface area contributed by atoms with Crippen molar-refractivity contribution >= 4 is 17.3 Å². The fourth-order valence-electron chi connectivity index (χ4n) is 3.68. The molecule has 1 heterocycles. The molecule has 0 radical (unpaired) electrons. The molecule has 0 aromatic heterocycles. The molecule has 1 aromatic rings. The Morgan fingerprint density at radius 1 is 1.21 bits per heavy atom. The highest BCUT2D eigenvalue weighted by Gasteiger charge is 2.42. The zero-order valence-corrected chi connectivity index (χ0v) is 15.2. The summed E-state index contributed by atoms with van der Waals surface area (Å²) in [5, 5.41) is 7.16. The Balaban J connectivity index is 1.55. The molecule has 0 atom stereocenters. The van der Waals surface area contributed by atoms with Crippen molar-refractivity contribution in [3.63, 3.8) is 0 Å². The van der Waals surface area contributed by atoms with E-state index < -0.39 is 0 Å². The number of anilines is 1. The number of hydrogen-bond donors (Lipinski definition) is 1. The van der Waals surface area contributed by atoms with E-state index in [4.69, 9.17) is 4.84 Å². The third-order valence-electron chi connectivity index (χ3n) is 5.26. The highest BCUT2D eigenvalue weighted by Crippen LogP contribution is 2.40. The molecule has 1 aliphatic carbocycles. The number of rotatable bonds is 2. The maximum Gasteiger partial charge on any atom is 0.227 e. The van der Waals surface area contributed by atoms with Crippen LogP contribution in [0.4, 0.5) is 5.69 Å². The smallest absolute Gasteiger partial charge is 0.227 e. The van der Waals surface area contributed by atoms with Crippen LogP contribution in [0.5, 0.6) is 0 Å². The van der Waals surface area contributed by atoms with Crippen LogP contribution in [0.15, 0.2) is 29.4 Å². The van der Waals surface area contributed by atoms with E-state index in [1.807, 2.05) is 19.1 Å². The number of oxime groups is 1. The lowest BCUT2D eigenvalue weighted by Crippen LogP contribution is -2.37. The fourth-order valence-corrected chi connectivity index (χ4v) is 3.68. The van der Waals surface area contributed by atoms with E-state index in [0.717, 1.165) is 43.5 Å². The van der Waals surface area contributed by atoms with Gasteiger partial charge in [0.05, 0.1) is 5.71 Å². The largest absolute Gasteiger partial charge is 0.389 e. The standard InChI is InChI=1S/C20H28N2O2/c1-14-13-20(24-22-14)11-9-15(10-12-20)18(23)21-17-7-5-16(6-8-17)19(2,3)4/h5-8,15H,9-13H2,1-4H3,(H,21,23). The summed E-state index contributed by atoms with van der Waals surface area (Å²) in [6, 6.07) is 8.19. The topological polar surface area (TPSA) is 50.7 Å². The van der Waals surface area contributed by atoms with Gasteiger partial charge in [-0.15, -0.1) is 0 Å². The van der Waals surface area contributed by atoms with Gasteiger partial charge in [0.1, 0.15) is 5.60 Å². The molecule has 4 nitrogen and oxygen atoms in total. The van der Waals surface area contributed by atoms with Gasteiger partial charge in [0.15, 0.2) is 0 Å². The first kappa shape index (κ1) is 17.0. The van der Waals surface area contributed by atoms with Gasteiger partial charge >= 0.3 is 0 Å². The molecular formula is C20H28N2O2. The number of amides is 1. The molecule has 24 heavy (non-hydrogen) atoms. The average Bonchev–Trinajstić information content (AvgIpc) is 2.88. The second-order valence-electron chi connectivity index (χ2n) is 8.37. The van der Waals surface area contributed by atoms with E-state index in [0.29, 0.717) is 0 Å². The first-order valence-corrected chi connectivity index (χ1v) is 8.91. The van der Waals surface area contributed by atoms with Crippen molar-refractivity contribution in [3.8, 4) is 0 Å². The van der Waals surface area contributed by atoms with Crippen molar-refractivity contribution in [1.82, 2.24) is 0 Å². The lowest BCUT2D eigenvalue weighted by Gasteiger charge is -2.34. The van der Waals surface area contributed by atoms with Crippen LogP contribution in [-0.2, 0) is 15.0 Å². The Hall–Kier alpha value is -1.84. The van der Waals surface area contributed by atoms with Crippen LogP contribution in [0.3, 0.4) is 0 Å². The molecule has 0 unspecified atom stereocenters. The van der Waals surface area contributed by atoms with Gasteiger partial charge in [-0.2, -0.15) is 0 Å². The summed E-state index contributed by atoms with van der Waals surface area (Å²) in [7, 11) is 0. The van der Waals surface area contributed by atoms with E-state index in [9.17, 15) is 4.79 Å². The molecule has 1 aromatic carbocycles. The lowest BCUT2D eigenvalue weighted by atomic mass is 9.76. The van der Waals surface area contributed by atoms with Crippen molar-refractivity contribution in [1.29, 1.82) is 0 Å². The Morgan fingerprint density at radius 3 is 2.33 bits per heavy atom. The predicted octanol–water partition coefficient (Wildman–Crippen LogP) is 4.65. The first-order chi connectivity index (χ1) is 11.3. The van der Waals surface area contributed by atoms with Gasteiger partial charge in [-0.25, -0.2) is 0 Å². The van der Waals surface area contributed by atoms with Crippen LogP contribution in [0.1, 0.15) is 65.4 Å². The van der Waals surface area contributed by atoms with Gasteiger partial charge in [0.2, 0.25) is 5.91 Å². The average molecular weight is 328 g/mol. The molecule has 4 heteroatoms. The van der Waals surface area contributed by atoms with Gasteiger partial charge in [-0.3, -0.25) is 4.79 Å². The minimum atomic E-state index is -0.130. The normalized spacial score (nSPS) is 26.8. The van der Waals surface area contributed by atoms with Gasteiger partial charge in [-0.1, -0.05) is 38.1 Å². The predicted molar refractivity (Wildman–Crippen MR) is 97.3 cm³/mol. The van der Waals surface area contributed by atoms with E-state index in [-0.39, 0.29) is 22.8 Å². The zero-order chi connectivity index (χ0) is 17.4. The highest BCUT2D eigenvalue weighted by atomic mass is 16.7. The van der Waals surface area contributed by atoms with Crippen LogP contribution < -0.4 is 5.32 Å². The molecule has 1 aliphatic heterocycles. The van der Waals surface area contributed by atoms with Gasteiger partial charge in [0.25, 0.3) is 0 Å². The quantitative estimate of drug-likeness (QED) is 0.859. The van der Waals surface area contributed by atoms with Crippen molar-refractivity contribution in [2.75, 3.05) is 5.32 Å². The second kappa shape index (κ2) is 6.23. The van der Waals surface area contributed by atoms with E-state index >= 15 is 0 Å². The number of nitrogens with zero attached hydrogens (tertiary/aromatic N) is 1. The first-order valence-electron chi connectivity index (χ1n) is 8.91. The molecule has 1 spiro atoms. The summed E-state index contributed by atoms with van der Waals surface area (Å²) in [4.78, 5) is 18.2. The Morgan fingerprint density at radius 2 is 1.83 bits per heavy atom. The minimum Gasteiger partial charge on any atom is -0.389 e. The van der Waals surface area contributed by atoms with E-state index in [2.05, 4.69) is 43.4 Å². The maximum absolute atomic E-state index is 12.5. The molecule has 130 valence electrons. The van der Waals surface area contributed by atoms with Crippen molar-refractivity contribution < 1.29 is 9.63 Å². The van der Waals surface area contributed by atoms with Crippen LogP contribution in [-0.4, -0.2) is 17.2 Å². The summed E-state index contributed by atoms with van der Waals surface area (Å²) < 4.78 is 0. The van der Waals surface area contributed by atoms with Gasteiger partial charge < -0.3 is 10.2 Å². The minimum absolute atomic E-state index is 0.0717. The van der Waals surface area contributed by atoms with Crippen LogP contribution in [0.25, 0.3) is 0 Å². The van der Waals surface area contributed by atoms with Crippen molar-refractivity contribution in [2.45, 2.75) is 70.8 Å². The summed E-state index contributed by atoms with van der Waals surface area (Å²) in [6.07, 6.45) is 4.47. The Bertz CT molecular complexity index is 633. The Kier molecular flexibility index (Phi) is 4.41. The molecule has 1 fully saturated rings. The van der Waals surface area contributed by atoms with Crippen molar-refractivity contribution in [2.24, 2.45) is 11.1 Å².